The molecule has 142 valence electrons. The molecule has 0 aliphatic rings. The molecule has 2 aromatic heterocycles. The Morgan fingerprint density at radius 1 is 1.19 bits per heavy atom. The molecular formula is C18H21ClN6O2. The Balaban J connectivity index is 1.87. The number of rotatable bonds is 7. The van der Waals surface area contributed by atoms with E-state index in [0.29, 0.717) is 27.8 Å². The van der Waals surface area contributed by atoms with E-state index in [-0.39, 0.29) is 0 Å². The normalized spacial score (nSPS) is 12.0. The Morgan fingerprint density at radius 2 is 1.96 bits per heavy atom. The first-order valence-electron chi connectivity index (χ1n) is 8.23. The van der Waals surface area contributed by atoms with Crippen molar-refractivity contribution in [2.75, 3.05) is 17.7 Å². The van der Waals surface area contributed by atoms with E-state index < -0.39 is 6.23 Å². The van der Waals surface area contributed by atoms with Gasteiger partial charge in [-0.15, -0.1) is 0 Å². The van der Waals surface area contributed by atoms with Crippen molar-refractivity contribution in [2.45, 2.75) is 13.2 Å². The highest BCUT2D eigenvalue weighted by Gasteiger charge is 2.13. The lowest BCUT2D eigenvalue weighted by Gasteiger charge is -2.18. The van der Waals surface area contributed by atoms with E-state index in [4.69, 9.17) is 16.4 Å². The number of nitrogens with zero attached hydrogens (tertiary/aromatic N) is 3. The lowest BCUT2D eigenvalue weighted by atomic mass is 10.1. The van der Waals surface area contributed by atoms with Crippen LogP contribution in [0.3, 0.4) is 0 Å². The second kappa shape index (κ2) is 8.36. The van der Waals surface area contributed by atoms with Gasteiger partial charge >= 0.3 is 0 Å². The van der Waals surface area contributed by atoms with Crippen molar-refractivity contribution < 1.29 is 9.94 Å². The summed E-state index contributed by atoms with van der Waals surface area (Å²) in [4.78, 5) is 9.11. The van der Waals surface area contributed by atoms with E-state index in [0.717, 1.165) is 11.5 Å². The maximum absolute atomic E-state index is 10.2. The van der Waals surface area contributed by atoms with Crippen molar-refractivity contribution in [1.29, 1.82) is 0 Å². The quantitative estimate of drug-likeness (QED) is 0.364. The summed E-state index contributed by atoms with van der Waals surface area (Å²) in [6, 6.07) is 11.0. The van der Waals surface area contributed by atoms with E-state index in [2.05, 4.69) is 26.2 Å². The van der Waals surface area contributed by atoms with Crippen molar-refractivity contribution >= 4 is 34.6 Å². The van der Waals surface area contributed by atoms with Gasteiger partial charge in [0.15, 0.2) is 6.23 Å². The Kier molecular flexibility index (Phi) is 5.92. The Bertz CT molecular complexity index is 930. The van der Waals surface area contributed by atoms with Gasteiger partial charge in [0.2, 0.25) is 0 Å². The van der Waals surface area contributed by atoms with E-state index in [1.54, 1.807) is 23.0 Å². The molecule has 0 saturated carbocycles. The molecule has 8 nitrogen and oxygen atoms in total. The molecule has 0 aliphatic carbocycles. The van der Waals surface area contributed by atoms with Crippen molar-refractivity contribution in [3.8, 4) is 0 Å². The van der Waals surface area contributed by atoms with Crippen molar-refractivity contribution in [1.82, 2.24) is 20.2 Å². The smallest absolute Gasteiger partial charge is 0.154 e. The van der Waals surface area contributed by atoms with Gasteiger partial charge in [0.25, 0.3) is 0 Å². The van der Waals surface area contributed by atoms with E-state index in [1.807, 2.05) is 38.2 Å². The Morgan fingerprint density at radius 3 is 2.67 bits per heavy atom. The second-order valence-electron chi connectivity index (χ2n) is 5.91. The predicted molar refractivity (Wildman–Crippen MR) is 105 cm³/mol. The number of aryl methyl sites for hydroxylation is 2. The Labute approximate surface area is 162 Å². The number of halogens is 1. The van der Waals surface area contributed by atoms with Crippen LogP contribution in [0, 0.1) is 6.92 Å². The van der Waals surface area contributed by atoms with Crippen molar-refractivity contribution in [3.05, 3.63) is 58.9 Å². The van der Waals surface area contributed by atoms with Crippen LogP contribution in [0.15, 0.2) is 42.6 Å². The fraction of sp³-hybridized carbons (Fsp3) is 0.222. The minimum atomic E-state index is -0.991. The first-order valence-corrected chi connectivity index (χ1v) is 8.61. The molecule has 1 aromatic carbocycles. The van der Waals surface area contributed by atoms with Crippen LogP contribution < -0.4 is 16.1 Å². The topological polar surface area (TPSA) is 96.3 Å². The molecule has 1 unspecified atom stereocenters. The van der Waals surface area contributed by atoms with Gasteiger partial charge < -0.3 is 20.6 Å². The zero-order chi connectivity index (χ0) is 19.4. The number of para-hydroxylation sites is 1. The van der Waals surface area contributed by atoms with Crippen LogP contribution in [0.1, 0.15) is 17.5 Å². The summed E-state index contributed by atoms with van der Waals surface area (Å²) in [7, 11) is 3.29. The van der Waals surface area contributed by atoms with Crippen molar-refractivity contribution in [3.63, 3.8) is 0 Å². The van der Waals surface area contributed by atoms with Gasteiger partial charge in [0.05, 0.1) is 29.7 Å². The summed E-state index contributed by atoms with van der Waals surface area (Å²) in [5, 5.41) is 21.4. The molecule has 0 aliphatic heterocycles. The van der Waals surface area contributed by atoms with Gasteiger partial charge in [-0.05, 0) is 13.0 Å². The van der Waals surface area contributed by atoms with Crippen LogP contribution in [0.4, 0.5) is 23.0 Å². The number of hydroxylamine groups is 1. The van der Waals surface area contributed by atoms with Crippen LogP contribution in [0.5, 0.6) is 0 Å². The standard InChI is InChI=1S/C18H21ClN6O2/c1-11-8-17(25(2)23-11)22-16-9-15(13(19)10-20-16)21-14-7-5-4-6-12(14)18(26)24-27-3/h4-10,18,24,26H,1-3H3,(H2,20,21,22). The van der Waals surface area contributed by atoms with E-state index >= 15 is 0 Å². The van der Waals surface area contributed by atoms with E-state index in [1.165, 1.54) is 7.11 Å². The predicted octanol–water partition coefficient (Wildman–Crippen LogP) is 3.41. The molecule has 0 spiro atoms. The number of hydrogen-bond donors (Lipinski definition) is 4. The molecule has 0 fully saturated rings. The minimum Gasteiger partial charge on any atom is -0.372 e. The average Bonchev–Trinajstić information content (AvgIpc) is 2.95. The highest BCUT2D eigenvalue weighted by molar-refractivity contribution is 6.33. The molecule has 0 radical (unpaired) electrons. The maximum atomic E-state index is 10.2. The molecule has 0 bridgehead atoms. The summed E-state index contributed by atoms with van der Waals surface area (Å²) in [6.07, 6.45) is 0.566. The number of benzene rings is 1. The highest BCUT2D eigenvalue weighted by Crippen LogP contribution is 2.31. The van der Waals surface area contributed by atoms with Crippen LogP contribution in [0.2, 0.25) is 5.02 Å². The molecular weight excluding hydrogens is 368 g/mol. The molecule has 1 atom stereocenters. The first-order chi connectivity index (χ1) is 13.0. The van der Waals surface area contributed by atoms with E-state index in [9.17, 15) is 5.11 Å². The van der Waals surface area contributed by atoms with Gasteiger partial charge in [-0.25, -0.2) is 4.98 Å². The largest absolute Gasteiger partial charge is 0.372 e. The summed E-state index contributed by atoms with van der Waals surface area (Å²) < 4.78 is 1.74. The van der Waals surface area contributed by atoms with Gasteiger partial charge in [-0.2, -0.15) is 10.6 Å². The summed E-state index contributed by atoms with van der Waals surface area (Å²) in [6.45, 7) is 1.92. The van der Waals surface area contributed by atoms with Crippen LogP contribution in [-0.2, 0) is 11.9 Å². The third-order valence-corrected chi connectivity index (χ3v) is 4.17. The molecule has 4 N–H and O–H groups in total. The monoisotopic (exact) mass is 388 g/mol. The fourth-order valence-electron chi connectivity index (χ4n) is 2.63. The molecule has 2 heterocycles. The number of aliphatic hydroxyl groups excluding tert-OH is 1. The third kappa shape index (κ3) is 4.55. The third-order valence-electron chi connectivity index (χ3n) is 3.87. The SMILES string of the molecule is CONC(O)c1ccccc1Nc1cc(Nc2cc(C)nn2C)ncc1Cl. The van der Waals surface area contributed by atoms with Crippen LogP contribution in [0.25, 0.3) is 0 Å². The number of aliphatic hydroxyl groups is 1. The molecule has 9 heteroatoms. The number of aromatic nitrogens is 3. The summed E-state index contributed by atoms with van der Waals surface area (Å²) >= 11 is 6.30. The first kappa shape index (κ1) is 19.1. The lowest BCUT2D eigenvalue weighted by Crippen LogP contribution is -2.20. The number of pyridine rings is 1. The lowest BCUT2D eigenvalue weighted by molar-refractivity contribution is -0.0316. The summed E-state index contributed by atoms with van der Waals surface area (Å²) in [5.74, 6) is 1.42. The zero-order valence-corrected chi connectivity index (χ0v) is 15.9. The molecule has 0 saturated heterocycles. The maximum Gasteiger partial charge on any atom is 0.154 e. The number of hydrogen-bond acceptors (Lipinski definition) is 7. The zero-order valence-electron chi connectivity index (χ0n) is 15.2. The van der Waals surface area contributed by atoms with Gasteiger partial charge in [-0.1, -0.05) is 29.8 Å². The van der Waals surface area contributed by atoms with Crippen LogP contribution in [-0.4, -0.2) is 27.0 Å². The number of anilines is 4. The molecule has 3 rings (SSSR count). The average molecular weight is 389 g/mol. The van der Waals surface area contributed by atoms with Crippen LogP contribution >= 0.6 is 11.6 Å². The molecule has 3 aromatic rings. The highest BCUT2D eigenvalue weighted by atomic mass is 35.5. The Hall–Kier alpha value is -2.65. The minimum absolute atomic E-state index is 0.450. The van der Waals surface area contributed by atoms with Gasteiger partial charge in [0.1, 0.15) is 11.6 Å². The van der Waals surface area contributed by atoms with Crippen molar-refractivity contribution in [2.24, 2.45) is 7.05 Å². The summed E-state index contributed by atoms with van der Waals surface area (Å²) in [5.41, 5.74) is 5.35. The molecule has 27 heavy (non-hydrogen) atoms. The molecule has 0 amide bonds. The second-order valence-corrected chi connectivity index (χ2v) is 6.31. The number of nitrogens with one attached hydrogen (secondary N) is 3. The van der Waals surface area contributed by atoms with Gasteiger partial charge in [0, 0.05) is 30.4 Å². The van der Waals surface area contributed by atoms with Gasteiger partial charge in [-0.3, -0.25) is 4.68 Å². The fourth-order valence-corrected chi connectivity index (χ4v) is 2.78.